The number of hydrogen-bond acceptors (Lipinski definition) is 2. The van der Waals surface area contributed by atoms with Gasteiger partial charge in [-0.15, -0.1) is 0 Å². The highest BCUT2D eigenvalue weighted by molar-refractivity contribution is 5.19. The molecular weight excluding hydrogens is 226 g/mol. The Bertz CT molecular complexity index is 366. The average molecular weight is 237 g/mol. The quantitative estimate of drug-likeness (QED) is 0.785. The van der Waals surface area contributed by atoms with E-state index in [0.29, 0.717) is 0 Å². The third kappa shape index (κ3) is 2.70. The number of nitrogens with two attached hydrogens (primary N) is 1. The first-order chi connectivity index (χ1) is 7.28. The number of aliphatic hydroxyl groups is 1. The molecule has 2 nitrogen and oxygen atoms in total. The van der Waals surface area contributed by atoms with Crippen LogP contribution in [0.4, 0.5) is 17.6 Å². The number of halogens is 4. The zero-order valence-electron chi connectivity index (χ0n) is 8.26. The minimum atomic E-state index is -4.84. The van der Waals surface area contributed by atoms with Gasteiger partial charge in [-0.25, -0.2) is 4.39 Å². The third-order valence-electron chi connectivity index (χ3n) is 2.25. The van der Waals surface area contributed by atoms with Crippen LogP contribution < -0.4 is 5.73 Å². The lowest BCUT2D eigenvalue weighted by Gasteiger charge is -2.29. The Morgan fingerprint density at radius 2 is 1.88 bits per heavy atom. The molecular formula is C10H11F4NO. The van der Waals surface area contributed by atoms with Gasteiger partial charge in [0, 0.05) is 13.0 Å². The molecule has 0 amide bonds. The normalized spacial score (nSPS) is 15.9. The molecule has 1 rings (SSSR count). The highest BCUT2D eigenvalue weighted by atomic mass is 19.4. The van der Waals surface area contributed by atoms with E-state index in [1.165, 1.54) is 12.1 Å². The van der Waals surface area contributed by atoms with E-state index in [-0.39, 0.29) is 5.56 Å². The summed E-state index contributed by atoms with van der Waals surface area (Å²) in [5, 5.41) is 9.33. The molecule has 0 aromatic heterocycles. The van der Waals surface area contributed by atoms with Gasteiger partial charge < -0.3 is 10.8 Å². The van der Waals surface area contributed by atoms with Crippen molar-refractivity contribution >= 4 is 0 Å². The molecule has 1 aromatic carbocycles. The molecule has 0 bridgehead atoms. The summed E-state index contributed by atoms with van der Waals surface area (Å²) in [5.74, 6) is -0.654. The Morgan fingerprint density at radius 1 is 1.25 bits per heavy atom. The van der Waals surface area contributed by atoms with Gasteiger partial charge in [0.1, 0.15) is 5.82 Å². The largest absolute Gasteiger partial charge is 0.418 e. The summed E-state index contributed by atoms with van der Waals surface area (Å²) in [4.78, 5) is 0. The first-order valence-corrected chi connectivity index (χ1v) is 4.52. The van der Waals surface area contributed by atoms with Crippen molar-refractivity contribution in [2.24, 2.45) is 5.73 Å². The molecule has 90 valence electrons. The molecule has 1 unspecified atom stereocenters. The van der Waals surface area contributed by atoms with Crippen LogP contribution in [0.15, 0.2) is 24.3 Å². The van der Waals surface area contributed by atoms with Crippen molar-refractivity contribution in [1.29, 1.82) is 0 Å². The van der Waals surface area contributed by atoms with E-state index in [1.54, 1.807) is 0 Å². The molecule has 0 fully saturated rings. The van der Waals surface area contributed by atoms with Crippen LogP contribution in [0.5, 0.6) is 0 Å². The molecule has 1 atom stereocenters. The molecule has 3 N–H and O–H groups in total. The Hall–Kier alpha value is -1.14. The minimum absolute atomic E-state index is 0.0466. The second-order valence-corrected chi connectivity index (χ2v) is 3.54. The number of rotatable bonds is 3. The molecule has 1 aromatic rings. The summed E-state index contributed by atoms with van der Waals surface area (Å²) < 4.78 is 50.2. The van der Waals surface area contributed by atoms with Gasteiger partial charge in [0.05, 0.1) is 0 Å². The summed E-state index contributed by atoms with van der Waals surface area (Å²) in [6.07, 6.45) is -5.60. The average Bonchev–Trinajstić information content (AvgIpc) is 2.15. The summed E-state index contributed by atoms with van der Waals surface area (Å²) >= 11 is 0. The molecule has 0 aliphatic carbocycles. The topological polar surface area (TPSA) is 46.2 Å². The molecule has 0 saturated heterocycles. The molecule has 0 heterocycles. The highest BCUT2D eigenvalue weighted by Crippen LogP contribution is 2.32. The molecule has 0 aliphatic rings. The van der Waals surface area contributed by atoms with E-state index in [2.05, 4.69) is 0 Å². The molecule has 0 aliphatic heterocycles. The fourth-order valence-electron chi connectivity index (χ4n) is 1.27. The van der Waals surface area contributed by atoms with Gasteiger partial charge in [-0.3, -0.25) is 0 Å². The van der Waals surface area contributed by atoms with Crippen LogP contribution in [0.1, 0.15) is 5.56 Å². The van der Waals surface area contributed by atoms with Crippen molar-refractivity contribution in [2.75, 3.05) is 6.54 Å². The van der Waals surface area contributed by atoms with E-state index in [4.69, 9.17) is 5.73 Å². The molecule has 0 spiro atoms. The number of alkyl halides is 3. The van der Waals surface area contributed by atoms with Crippen molar-refractivity contribution in [3.63, 3.8) is 0 Å². The third-order valence-corrected chi connectivity index (χ3v) is 2.25. The van der Waals surface area contributed by atoms with Crippen molar-refractivity contribution < 1.29 is 22.7 Å². The molecule has 6 heteroatoms. The van der Waals surface area contributed by atoms with E-state index in [1.807, 2.05) is 0 Å². The van der Waals surface area contributed by atoms with Crippen molar-refractivity contribution in [3.05, 3.63) is 35.6 Å². The molecule has 0 saturated carbocycles. The highest BCUT2D eigenvalue weighted by Gasteiger charge is 2.52. The zero-order valence-corrected chi connectivity index (χ0v) is 8.26. The van der Waals surface area contributed by atoms with E-state index >= 15 is 0 Å². The van der Waals surface area contributed by atoms with Gasteiger partial charge >= 0.3 is 6.18 Å². The second-order valence-electron chi connectivity index (χ2n) is 3.54. The van der Waals surface area contributed by atoms with Gasteiger partial charge in [-0.05, 0) is 17.7 Å². The zero-order chi connectivity index (χ0) is 12.4. The fourth-order valence-corrected chi connectivity index (χ4v) is 1.27. The predicted octanol–water partition coefficient (Wildman–Crippen LogP) is 1.62. The van der Waals surface area contributed by atoms with Crippen LogP contribution >= 0.6 is 0 Å². The van der Waals surface area contributed by atoms with Gasteiger partial charge in [-0.1, -0.05) is 12.1 Å². The van der Waals surface area contributed by atoms with Crippen LogP contribution in [0.2, 0.25) is 0 Å². The SMILES string of the molecule is NCC(O)(Cc1cccc(F)c1)C(F)(F)F. The Labute approximate surface area is 89.7 Å². The van der Waals surface area contributed by atoms with Crippen LogP contribution in [0.3, 0.4) is 0 Å². The lowest BCUT2D eigenvalue weighted by molar-refractivity contribution is -0.255. The van der Waals surface area contributed by atoms with Crippen molar-refractivity contribution in [3.8, 4) is 0 Å². The Morgan fingerprint density at radius 3 is 2.31 bits per heavy atom. The van der Waals surface area contributed by atoms with Gasteiger partial charge in [0.2, 0.25) is 0 Å². The first kappa shape index (κ1) is 12.9. The molecule has 0 radical (unpaired) electrons. The van der Waals surface area contributed by atoms with Gasteiger partial charge in [0.15, 0.2) is 5.60 Å². The maximum absolute atomic E-state index is 12.7. The van der Waals surface area contributed by atoms with Gasteiger partial charge in [-0.2, -0.15) is 13.2 Å². The summed E-state index contributed by atoms with van der Waals surface area (Å²) in [5.41, 5.74) is 1.95. The lowest BCUT2D eigenvalue weighted by Crippen LogP contribution is -2.52. The lowest BCUT2D eigenvalue weighted by atomic mass is 9.94. The first-order valence-electron chi connectivity index (χ1n) is 4.52. The van der Waals surface area contributed by atoms with Gasteiger partial charge in [0.25, 0.3) is 0 Å². The van der Waals surface area contributed by atoms with Crippen LogP contribution in [0, 0.1) is 5.82 Å². The number of benzene rings is 1. The van der Waals surface area contributed by atoms with Crippen molar-refractivity contribution in [2.45, 2.75) is 18.2 Å². The summed E-state index contributed by atoms with van der Waals surface area (Å²) in [7, 11) is 0. The minimum Gasteiger partial charge on any atom is -0.379 e. The second kappa shape index (κ2) is 4.39. The monoisotopic (exact) mass is 237 g/mol. The Kier molecular flexibility index (Phi) is 3.54. The summed E-state index contributed by atoms with van der Waals surface area (Å²) in [6.45, 7) is -0.965. The van der Waals surface area contributed by atoms with Crippen molar-refractivity contribution in [1.82, 2.24) is 0 Å². The number of hydrogen-bond donors (Lipinski definition) is 2. The van der Waals surface area contributed by atoms with Crippen LogP contribution in [-0.4, -0.2) is 23.4 Å². The summed E-state index contributed by atoms with van der Waals surface area (Å²) in [6, 6.07) is 4.62. The predicted molar refractivity (Wildman–Crippen MR) is 50.2 cm³/mol. The fraction of sp³-hybridized carbons (Fsp3) is 0.400. The van der Waals surface area contributed by atoms with Crippen LogP contribution in [-0.2, 0) is 6.42 Å². The van der Waals surface area contributed by atoms with E-state index < -0.39 is 30.6 Å². The van der Waals surface area contributed by atoms with E-state index in [0.717, 1.165) is 12.1 Å². The maximum Gasteiger partial charge on any atom is 0.418 e. The smallest absolute Gasteiger partial charge is 0.379 e. The van der Waals surface area contributed by atoms with Crippen LogP contribution in [0.25, 0.3) is 0 Å². The standard InChI is InChI=1S/C10H11F4NO/c11-8-3-1-2-7(4-8)5-9(16,6-15)10(12,13)14/h1-4,16H,5-6,15H2. The Balaban J connectivity index is 2.94. The molecule has 16 heavy (non-hydrogen) atoms. The maximum atomic E-state index is 12.7. The van der Waals surface area contributed by atoms with E-state index in [9.17, 15) is 22.7 Å².